The summed E-state index contributed by atoms with van der Waals surface area (Å²) in [5.74, 6) is 0. The third kappa shape index (κ3) is 4.21. The van der Waals surface area contributed by atoms with Crippen molar-refractivity contribution in [2.45, 2.75) is 11.4 Å². The molecule has 1 aliphatic heterocycles. The molecule has 3 rings (SSSR count). The van der Waals surface area contributed by atoms with E-state index in [1.165, 1.54) is 35.9 Å². The quantitative estimate of drug-likeness (QED) is 0.724. The van der Waals surface area contributed by atoms with Gasteiger partial charge in [-0.25, -0.2) is 0 Å². The van der Waals surface area contributed by atoms with Crippen LogP contribution in [0.15, 0.2) is 60.7 Å². The molecule has 0 N–H and O–H groups in total. The van der Waals surface area contributed by atoms with E-state index >= 15 is 0 Å². The summed E-state index contributed by atoms with van der Waals surface area (Å²) in [6.07, 6.45) is 1.27. The molecular weight excluding hydrogens is 340 g/mol. The van der Waals surface area contributed by atoms with Gasteiger partial charge in [0.2, 0.25) is 0 Å². The van der Waals surface area contributed by atoms with Gasteiger partial charge in [0.25, 0.3) is 0 Å². The van der Waals surface area contributed by atoms with Gasteiger partial charge in [-0.2, -0.15) is 0 Å². The molecule has 1 heterocycles. The number of rotatable bonds is 6. The topological polar surface area (TPSA) is 9.72 Å². The van der Waals surface area contributed by atoms with Gasteiger partial charge in [0.15, 0.2) is 0 Å². The molecule has 0 bridgehead atoms. The molecule has 0 amide bonds. The average Bonchev–Trinajstić information content (AvgIpc) is 2.92. The van der Waals surface area contributed by atoms with E-state index in [2.05, 4.69) is 86.9 Å². The molecule has 0 unspecified atom stereocenters. The molecule has 4 heteroatoms. The van der Waals surface area contributed by atoms with Crippen LogP contribution in [-0.4, -0.2) is 57.6 Å². The predicted octanol–water partition coefficient (Wildman–Crippen LogP) is 3.58. The Morgan fingerprint density at radius 1 is 0.826 bits per heavy atom. The third-order valence-corrected chi connectivity index (χ3v) is 12.1. The van der Waals surface area contributed by atoms with Crippen molar-refractivity contribution in [3.63, 3.8) is 0 Å². The van der Waals surface area contributed by atoms with E-state index < -0.39 is 16.7 Å². The van der Waals surface area contributed by atoms with Gasteiger partial charge < -0.3 is 0 Å². The van der Waals surface area contributed by atoms with Gasteiger partial charge in [-0.15, -0.1) is 0 Å². The first-order valence-electron chi connectivity index (χ1n) is 8.54. The molecule has 120 valence electrons. The van der Waals surface area contributed by atoms with Gasteiger partial charge in [-0.05, 0) is 0 Å². The summed E-state index contributed by atoms with van der Waals surface area (Å²) in [5.41, 5.74) is 2.58. The Morgan fingerprint density at radius 2 is 1.30 bits per heavy atom. The van der Waals surface area contributed by atoms with Crippen LogP contribution in [-0.2, 0) is 0 Å². The van der Waals surface area contributed by atoms with Crippen molar-refractivity contribution < 1.29 is 0 Å². The Morgan fingerprint density at radius 3 is 1.78 bits per heavy atom. The Balaban J connectivity index is 1.67. The summed E-state index contributed by atoms with van der Waals surface area (Å²) in [6.45, 7) is 3.63. The van der Waals surface area contributed by atoms with Crippen molar-refractivity contribution in [2.75, 3.05) is 38.6 Å². The Hall–Kier alpha value is -1.20. The molecule has 3 nitrogen and oxygen atoms in total. The van der Waals surface area contributed by atoms with Gasteiger partial charge in [-0.3, -0.25) is 0 Å². The van der Waals surface area contributed by atoms with Crippen LogP contribution in [0.3, 0.4) is 0 Å². The first-order chi connectivity index (χ1) is 11.3. The molecule has 0 aliphatic carbocycles. The predicted molar refractivity (Wildman–Crippen MR) is 100 cm³/mol. The number of hydrogen-bond acceptors (Lipinski definition) is 3. The minimum atomic E-state index is -1.39. The van der Waals surface area contributed by atoms with Crippen molar-refractivity contribution in [2.24, 2.45) is 0 Å². The summed E-state index contributed by atoms with van der Waals surface area (Å²) >= 11 is -1.39. The normalized spacial score (nSPS) is 16.0. The minimum absolute atomic E-state index is 1.09. The number of anilines is 2. The number of nitrogens with zero attached hydrogens (tertiary/aromatic N) is 3. The third-order valence-electron chi connectivity index (χ3n) is 4.80. The summed E-state index contributed by atoms with van der Waals surface area (Å²) in [6, 6.07) is 21.5. The zero-order valence-electron chi connectivity index (χ0n) is 14.2. The van der Waals surface area contributed by atoms with Crippen molar-refractivity contribution in [3.05, 3.63) is 60.7 Å². The Bertz CT molecular complexity index is 541. The van der Waals surface area contributed by atoms with E-state index in [1.807, 2.05) is 0 Å². The first-order valence-corrected chi connectivity index (χ1v) is 12.4. The van der Waals surface area contributed by atoms with Crippen LogP contribution in [0.1, 0.15) is 6.42 Å². The first kappa shape index (κ1) is 16.6. The summed E-state index contributed by atoms with van der Waals surface area (Å²) < 4.78 is 5.31. The van der Waals surface area contributed by atoms with Gasteiger partial charge in [0, 0.05) is 0 Å². The van der Waals surface area contributed by atoms with Crippen LogP contribution in [0.4, 0.5) is 11.4 Å². The van der Waals surface area contributed by atoms with Crippen LogP contribution in [0.2, 0.25) is 4.98 Å². The van der Waals surface area contributed by atoms with Crippen LogP contribution in [0.25, 0.3) is 0 Å². The maximum atomic E-state index is 2.66. The zero-order chi connectivity index (χ0) is 16.1. The van der Waals surface area contributed by atoms with Gasteiger partial charge >= 0.3 is 146 Å². The number of likely N-dealkylation sites (N-methyl/N-ethyl adjacent to an activating group) is 2. The second-order valence-corrected chi connectivity index (χ2v) is 13.3. The van der Waals surface area contributed by atoms with E-state index in [1.54, 1.807) is 0 Å². The molecule has 0 aromatic heterocycles. The van der Waals surface area contributed by atoms with E-state index in [-0.39, 0.29) is 0 Å². The number of benzene rings is 2. The fourth-order valence-electron chi connectivity index (χ4n) is 3.45. The van der Waals surface area contributed by atoms with Crippen molar-refractivity contribution in [1.82, 2.24) is 7.21 Å². The Labute approximate surface area is 146 Å². The molecule has 0 spiro atoms. The number of hydrogen-bond donors (Lipinski definition) is 0. The van der Waals surface area contributed by atoms with Crippen molar-refractivity contribution in [1.29, 1.82) is 0 Å². The van der Waals surface area contributed by atoms with Crippen LogP contribution in [0, 0.1) is 0 Å². The van der Waals surface area contributed by atoms with E-state index in [0.29, 0.717) is 0 Å². The molecule has 0 atom stereocenters. The summed E-state index contributed by atoms with van der Waals surface area (Å²) in [4.78, 5) is 3.85. The molecule has 1 saturated heterocycles. The molecule has 0 saturated carbocycles. The van der Waals surface area contributed by atoms with Crippen LogP contribution >= 0.6 is 0 Å². The van der Waals surface area contributed by atoms with E-state index in [4.69, 9.17) is 0 Å². The summed E-state index contributed by atoms with van der Waals surface area (Å²) in [5, 5.41) is 0. The standard InChI is InChI=1S/C15H16N.C4H10N2.Ga/c1-2-13-16(14-9-5-3-6-10-14)15-11-7-4-8-12-15;1-5-3-4-6-2;/h3-12H,1-2,13H2;3-4H2,1-2H3;/q;-2;+2. The molecule has 1 aliphatic rings. The van der Waals surface area contributed by atoms with Gasteiger partial charge in [0.1, 0.15) is 0 Å². The number of para-hydroxylation sites is 2. The second kappa shape index (κ2) is 8.06. The fourth-order valence-corrected chi connectivity index (χ4v) is 9.59. The van der Waals surface area contributed by atoms with Gasteiger partial charge in [-0.1, -0.05) is 0 Å². The van der Waals surface area contributed by atoms with Gasteiger partial charge in [0.05, 0.1) is 0 Å². The van der Waals surface area contributed by atoms with Crippen molar-refractivity contribution in [3.8, 4) is 0 Å². The molecular formula is C19H26GaN3. The molecule has 2 aromatic carbocycles. The van der Waals surface area contributed by atoms with E-state index in [0.717, 1.165) is 6.54 Å². The van der Waals surface area contributed by atoms with E-state index in [9.17, 15) is 0 Å². The summed E-state index contributed by atoms with van der Waals surface area (Å²) in [7, 11) is 4.64. The molecule has 0 radical (unpaired) electrons. The van der Waals surface area contributed by atoms with Crippen LogP contribution in [0.5, 0.6) is 0 Å². The monoisotopic (exact) mass is 365 g/mol. The maximum absolute atomic E-state index is 2.66. The fraction of sp³-hybridized carbons (Fsp3) is 0.368. The average molecular weight is 366 g/mol. The van der Waals surface area contributed by atoms with Crippen molar-refractivity contribution >= 4 is 28.1 Å². The SMILES string of the molecule is C[N]1CC[N](C)[Ga]1[CH2]CCN(c1ccccc1)c1ccccc1. The molecule has 2 aromatic rings. The van der Waals surface area contributed by atoms with Crippen LogP contribution < -0.4 is 4.90 Å². The molecule has 23 heavy (non-hydrogen) atoms. The second-order valence-electron chi connectivity index (χ2n) is 6.41. The molecule has 1 fully saturated rings. The Kier molecular flexibility index (Phi) is 5.83. The zero-order valence-corrected chi connectivity index (χ0v) is 16.7.